The van der Waals surface area contributed by atoms with E-state index >= 15 is 0 Å². The van der Waals surface area contributed by atoms with Crippen molar-refractivity contribution >= 4 is 22.9 Å². The minimum Gasteiger partial charge on any atom is -0.465 e. The largest absolute Gasteiger partial charge is 0.465 e. The lowest BCUT2D eigenvalue weighted by molar-refractivity contribution is 0.0527. The topological polar surface area (TPSA) is 96.5 Å². The summed E-state index contributed by atoms with van der Waals surface area (Å²) in [5.41, 5.74) is 2.94. The molecule has 0 radical (unpaired) electrons. The highest BCUT2D eigenvalue weighted by Gasteiger charge is 2.28. The molecule has 0 spiro atoms. The number of nitrogens with zero attached hydrogens (tertiary/aromatic N) is 3. The molecule has 2 heterocycles. The zero-order valence-electron chi connectivity index (χ0n) is 21.0. The molecule has 34 heavy (non-hydrogen) atoms. The molecule has 0 fully saturated rings. The van der Waals surface area contributed by atoms with Crippen molar-refractivity contribution in [3.63, 3.8) is 0 Å². The standard InChI is InChI=1S/C26H31N3O5/c1-9-12-17(10-2)23(30)19-13-18(21-15(4)28-34-16(21)5)14-20-22(19)27-24(32-11-3)29(20)25(31)33-26(6,7)8/h9-10,12-14H,11H2,1-8H3. The fourth-order valence-electron chi connectivity index (χ4n) is 3.72. The Morgan fingerprint density at radius 3 is 2.41 bits per heavy atom. The highest BCUT2D eigenvalue weighted by Crippen LogP contribution is 2.35. The van der Waals surface area contributed by atoms with E-state index in [0.717, 1.165) is 5.56 Å². The number of aryl methyl sites for hydroxylation is 2. The maximum atomic E-state index is 13.6. The van der Waals surface area contributed by atoms with Gasteiger partial charge in [-0.05, 0) is 73.1 Å². The van der Waals surface area contributed by atoms with Crippen LogP contribution in [-0.2, 0) is 4.74 Å². The first-order valence-corrected chi connectivity index (χ1v) is 11.2. The van der Waals surface area contributed by atoms with Gasteiger partial charge < -0.3 is 14.0 Å². The van der Waals surface area contributed by atoms with Gasteiger partial charge in [-0.25, -0.2) is 4.79 Å². The van der Waals surface area contributed by atoms with Crippen molar-refractivity contribution in [1.82, 2.24) is 14.7 Å². The number of aromatic nitrogens is 3. The van der Waals surface area contributed by atoms with E-state index in [0.29, 0.717) is 39.2 Å². The Bertz CT molecular complexity index is 1280. The molecule has 0 saturated carbocycles. The summed E-state index contributed by atoms with van der Waals surface area (Å²) in [5.74, 6) is 0.374. The van der Waals surface area contributed by atoms with E-state index in [9.17, 15) is 9.59 Å². The molecule has 0 aliphatic heterocycles. The summed E-state index contributed by atoms with van der Waals surface area (Å²) >= 11 is 0. The molecule has 0 atom stereocenters. The van der Waals surface area contributed by atoms with E-state index in [4.69, 9.17) is 14.0 Å². The van der Waals surface area contributed by atoms with Gasteiger partial charge in [0.05, 0.1) is 23.4 Å². The normalized spacial score (nSPS) is 12.5. The van der Waals surface area contributed by atoms with Gasteiger partial charge >= 0.3 is 12.1 Å². The number of benzene rings is 1. The molecular weight excluding hydrogens is 434 g/mol. The lowest BCUT2D eigenvalue weighted by atomic mass is 9.95. The highest BCUT2D eigenvalue weighted by molar-refractivity contribution is 6.18. The minimum atomic E-state index is -0.737. The first-order chi connectivity index (χ1) is 16.0. The molecule has 0 saturated heterocycles. The first kappa shape index (κ1) is 25.0. The number of Topliss-reactive ketones (excluding diaryl/α,β-unsaturated/α-hetero) is 1. The van der Waals surface area contributed by atoms with Gasteiger partial charge in [-0.15, -0.1) is 0 Å². The number of carbonyl (C=O) groups is 2. The quantitative estimate of drug-likeness (QED) is 0.243. The SMILES string of the molecule is CC=CC(=CC)C(=O)c1cc(-c2c(C)noc2C)cc2c1nc(OCC)n2C(=O)OC(C)(C)C. The molecular formula is C26H31N3O5. The van der Waals surface area contributed by atoms with Crippen LogP contribution in [-0.4, -0.2) is 38.8 Å². The molecule has 180 valence electrons. The summed E-state index contributed by atoms with van der Waals surface area (Å²) in [4.78, 5) is 31.3. The first-order valence-electron chi connectivity index (χ1n) is 11.2. The van der Waals surface area contributed by atoms with Gasteiger partial charge in [0.15, 0.2) is 5.78 Å². The molecule has 3 rings (SSSR count). The van der Waals surface area contributed by atoms with Gasteiger partial charge in [0.1, 0.15) is 16.9 Å². The van der Waals surface area contributed by atoms with Crippen LogP contribution in [0.5, 0.6) is 6.01 Å². The minimum absolute atomic E-state index is 0.0600. The molecule has 0 unspecified atom stereocenters. The van der Waals surface area contributed by atoms with E-state index < -0.39 is 11.7 Å². The lowest BCUT2D eigenvalue weighted by Crippen LogP contribution is -2.27. The number of carbonyl (C=O) groups excluding carboxylic acids is 2. The fraction of sp³-hybridized carbons (Fsp3) is 0.385. The van der Waals surface area contributed by atoms with Crippen molar-refractivity contribution < 1.29 is 23.6 Å². The van der Waals surface area contributed by atoms with E-state index in [1.54, 1.807) is 71.9 Å². The summed E-state index contributed by atoms with van der Waals surface area (Å²) in [6.45, 7) is 14.7. The third-order valence-corrected chi connectivity index (χ3v) is 5.07. The maximum absolute atomic E-state index is 13.6. The third-order valence-electron chi connectivity index (χ3n) is 5.07. The number of ketones is 1. The summed E-state index contributed by atoms with van der Waals surface area (Å²) in [5, 5.41) is 4.05. The predicted octanol–water partition coefficient (Wildman–Crippen LogP) is 6.20. The second-order valence-electron chi connectivity index (χ2n) is 8.81. The van der Waals surface area contributed by atoms with E-state index in [2.05, 4.69) is 10.1 Å². The molecule has 0 amide bonds. The Balaban J connectivity index is 2.41. The van der Waals surface area contributed by atoms with Crippen LogP contribution in [0.1, 0.15) is 63.4 Å². The van der Waals surface area contributed by atoms with Crippen LogP contribution < -0.4 is 4.74 Å². The van der Waals surface area contributed by atoms with Crippen LogP contribution in [0.25, 0.3) is 22.2 Å². The van der Waals surface area contributed by atoms with Crippen LogP contribution in [0.15, 0.2) is 40.5 Å². The van der Waals surface area contributed by atoms with Crippen molar-refractivity contribution in [3.05, 3.63) is 53.0 Å². The zero-order chi connectivity index (χ0) is 25.2. The number of hydrogen-bond acceptors (Lipinski definition) is 7. The number of hydrogen-bond donors (Lipinski definition) is 0. The highest BCUT2D eigenvalue weighted by atomic mass is 16.6. The number of ether oxygens (including phenoxy) is 2. The molecule has 2 aromatic heterocycles. The number of imidazole rings is 1. The van der Waals surface area contributed by atoms with E-state index in [-0.39, 0.29) is 18.4 Å². The van der Waals surface area contributed by atoms with Gasteiger partial charge in [0.2, 0.25) is 0 Å². The number of rotatable bonds is 6. The van der Waals surface area contributed by atoms with Gasteiger partial charge in [0.25, 0.3) is 0 Å². The number of allylic oxidation sites excluding steroid dienone is 4. The van der Waals surface area contributed by atoms with Crippen LogP contribution >= 0.6 is 0 Å². The Morgan fingerprint density at radius 1 is 1.18 bits per heavy atom. The van der Waals surface area contributed by atoms with Crippen LogP contribution in [0.4, 0.5) is 4.79 Å². The second kappa shape index (κ2) is 9.67. The van der Waals surface area contributed by atoms with Crippen molar-refractivity contribution in [3.8, 4) is 17.1 Å². The van der Waals surface area contributed by atoms with Gasteiger partial charge in [-0.2, -0.15) is 9.55 Å². The van der Waals surface area contributed by atoms with Crippen molar-refractivity contribution in [2.24, 2.45) is 0 Å². The van der Waals surface area contributed by atoms with Gasteiger partial charge in [0, 0.05) is 11.1 Å². The van der Waals surface area contributed by atoms with Crippen LogP contribution in [0.3, 0.4) is 0 Å². The second-order valence-corrected chi connectivity index (χ2v) is 8.81. The van der Waals surface area contributed by atoms with Crippen molar-refractivity contribution in [1.29, 1.82) is 0 Å². The molecule has 1 aromatic carbocycles. The molecule has 0 aliphatic carbocycles. The van der Waals surface area contributed by atoms with E-state index in [1.807, 2.05) is 13.8 Å². The van der Waals surface area contributed by atoms with Crippen molar-refractivity contribution in [2.45, 2.75) is 61.0 Å². The van der Waals surface area contributed by atoms with Gasteiger partial charge in [-0.3, -0.25) is 4.79 Å². The molecule has 8 nitrogen and oxygen atoms in total. The smallest absolute Gasteiger partial charge is 0.423 e. The average Bonchev–Trinajstić information content (AvgIpc) is 3.28. The predicted molar refractivity (Wildman–Crippen MR) is 130 cm³/mol. The Kier molecular flexibility index (Phi) is 7.09. The van der Waals surface area contributed by atoms with Gasteiger partial charge in [-0.1, -0.05) is 23.4 Å². The Labute approximate surface area is 199 Å². The third kappa shape index (κ3) is 4.81. The Hall–Kier alpha value is -3.68. The lowest BCUT2D eigenvalue weighted by Gasteiger charge is -2.20. The van der Waals surface area contributed by atoms with E-state index in [1.165, 1.54) is 4.57 Å². The molecule has 0 bridgehead atoms. The molecule has 8 heteroatoms. The monoisotopic (exact) mass is 465 g/mol. The molecule has 0 aliphatic rings. The fourth-order valence-corrected chi connectivity index (χ4v) is 3.72. The number of fused-ring (bicyclic) bond motifs is 1. The van der Waals surface area contributed by atoms with Crippen LogP contribution in [0, 0.1) is 13.8 Å². The Morgan fingerprint density at radius 2 is 1.88 bits per heavy atom. The summed E-state index contributed by atoms with van der Waals surface area (Å²) in [6, 6.07) is 3.60. The van der Waals surface area contributed by atoms with Crippen molar-refractivity contribution in [2.75, 3.05) is 6.61 Å². The average molecular weight is 466 g/mol. The molecule has 3 aromatic rings. The zero-order valence-corrected chi connectivity index (χ0v) is 21.0. The maximum Gasteiger partial charge on any atom is 0.423 e. The summed E-state index contributed by atoms with van der Waals surface area (Å²) in [7, 11) is 0. The van der Waals surface area contributed by atoms with Crippen LogP contribution in [0.2, 0.25) is 0 Å². The molecule has 0 N–H and O–H groups in total. The summed E-state index contributed by atoms with van der Waals surface area (Å²) < 4.78 is 17.9. The summed E-state index contributed by atoms with van der Waals surface area (Å²) in [6.07, 6.45) is 4.64.